The van der Waals surface area contributed by atoms with Crippen LogP contribution in [-0.4, -0.2) is 35.0 Å². The fraction of sp³-hybridized carbons (Fsp3) is 0.500. The van der Waals surface area contributed by atoms with Crippen molar-refractivity contribution in [2.45, 2.75) is 52.4 Å². The molecule has 25 heavy (non-hydrogen) atoms. The van der Waals surface area contributed by atoms with Crippen LogP contribution in [0.1, 0.15) is 57.9 Å². The van der Waals surface area contributed by atoms with Gasteiger partial charge in [0, 0.05) is 6.54 Å². The van der Waals surface area contributed by atoms with E-state index in [4.69, 9.17) is 4.74 Å². The molecule has 1 aliphatic heterocycles. The molecule has 136 valence electrons. The predicted molar refractivity (Wildman–Crippen MR) is 97.3 cm³/mol. The standard InChI is InChI=1S/C20H27NO4/c1-3-5-6-7-8-9-14-21-19(23)17(18(22)20(21)24)15-10-12-16(13-11-15)25-4-2/h10-13,22H,3-9,14H2,1-2H3. The zero-order valence-corrected chi connectivity index (χ0v) is 15.1. The third kappa shape index (κ3) is 4.62. The topological polar surface area (TPSA) is 66.8 Å². The van der Waals surface area contributed by atoms with Crippen LogP contribution < -0.4 is 4.74 Å². The van der Waals surface area contributed by atoms with Crippen LogP contribution in [0.2, 0.25) is 0 Å². The lowest BCUT2D eigenvalue weighted by Gasteiger charge is -2.14. The molecule has 0 radical (unpaired) electrons. The molecular formula is C20H27NO4. The number of unbranched alkanes of at least 4 members (excludes halogenated alkanes) is 5. The van der Waals surface area contributed by atoms with Gasteiger partial charge in [0.2, 0.25) is 0 Å². The van der Waals surface area contributed by atoms with E-state index in [9.17, 15) is 14.7 Å². The molecule has 0 bridgehead atoms. The quantitative estimate of drug-likeness (QED) is 0.512. The molecule has 1 aromatic rings. The van der Waals surface area contributed by atoms with E-state index in [0.29, 0.717) is 24.5 Å². The summed E-state index contributed by atoms with van der Waals surface area (Å²) < 4.78 is 5.37. The molecule has 0 saturated carbocycles. The van der Waals surface area contributed by atoms with Gasteiger partial charge in [0.25, 0.3) is 11.8 Å². The van der Waals surface area contributed by atoms with E-state index in [1.165, 1.54) is 19.3 Å². The summed E-state index contributed by atoms with van der Waals surface area (Å²) in [6.45, 7) is 4.96. The fourth-order valence-corrected chi connectivity index (χ4v) is 2.96. The lowest BCUT2D eigenvalue weighted by atomic mass is 10.1. The molecule has 0 aromatic heterocycles. The Labute approximate surface area is 149 Å². The smallest absolute Gasteiger partial charge is 0.296 e. The molecule has 0 atom stereocenters. The van der Waals surface area contributed by atoms with Crippen LogP contribution in [-0.2, 0) is 9.59 Å². The first kappa shape index (κ1) is 19.0. The highest BCUT2D eigenvalue weighted by Crippen LogP contribution is 2.29. The van der Waals surface area contributed by atoms with Crippen molar-refractivity contribution in [3.8, 4) is 5.75 Å². The Morgan fingerprint density at radius 2 is 1.56 bits per heavy atom. The Kier molecular flexibility index (Phi) is 7.04. The molecule has 1 aromatic carbocycles. The molecule has 0 spiro atoms. The van der Waals surface area contributed by atoms with Gasteiger partial charge in [-0.05, 0) is 31.0 Å². The minimum absolute atomic E-state index is 0.0824. The number of imide groups is 1. The third-order valence-electron chi connectivity index (χ3n) is 4.33. The fourth-order valence-electron chi connectivity index (χ4n) is 2.96. The molecule has 5 heteroatoms. The molecule has 0 aliphatic carbocycles. The van der Waals surface area contributed by atoms with Gasteiger partial charge in [-0.3, -0.25) is 14.5 Å². The van der Waals surface area contributed by atoms with Gasteiger partial charge in [0.15, 0.2) is 5.76 Å². The molecule has 0 unspecified atom stereocenters. The molecule has 0 saturated heterocycles. The summed E-state index contributed by atoms with van der Waals surface area (Å²) in [5, 5.41) is 10.1. The largest absolute Gasteiger partial charge is 0.502 e. The van der Waals surface area contributed by atoms with Gasteiger partial charge >= 0.3 is 0 Å². The van der Waals surface area contributed by atoms with Gasteiger partial charge in [-0.25, -0.2) is 0 Å². The van der Waals surface area contributed by atoms with Crippen molar-refractivity contribution in [1.82, 2.24) is 4.90 Å². The average Bonchev–Trinajstić information content (AvgIpc) is 2.82. The van der Waals surface area contributed by atoms with Crippen molar-refractivity contribution in [3.63, 3.8) is 0 Å². The number of amides is 2. The number of aliphatic hydroxyl groups excluding tert-OH is 1. The second-order valence-electron chi connectivity index (χ2n) is 6.21. The zero-order valence-electron chi connectivity index (χ0n) is 15.1. The maximum atomic E-state index is 12.6. The molecule has 1 N–H and O–H groups in total. The Morgan fingerprint density at radius 1 is 0.920 bits per heavy atom. The van der Waals surface area contributed by atoms with E-state index in [0.717, 1.165) is 24.2 Å². The molecule has 0 fully saturated rings. The highest BCUT2D eigenvalue weighted by Gasteiger charge is 2.38. The minimum Gasteiger partial charge on any atom is -0.502 e. The van der Waals surface area contributed by atoms with E-state index in [1.807, 2.05) is 6.92 Å². The number of rotatable bonds is 10. The van der Waals surface area contributed by atoms with Gasteiger partial charge in [0.1, 0.15) is 5.75 Å². The van der Waals surface area contributed by atoms with Crippen molar-refractivity contribution in [2.75, 3.05) is 13.2 Å². The number of nitrogens with zero attached hydrogens (tertiary/aromatic N) is 1. The summed E-state index contributed by atoms with van der Waals surface area (Å²) in [5.74, 6) is -0.783. The molecule has 2 amide bonds. The number of carbonyl (C=O) groups is 2. The minimum atomic E-state index is -0.595. The van der Waals surface area contributed by atoms with Crippen molar-refractivity contribution in [3.05, 3.63) is 35.6 Å². The number of ether oxygens (including phenoxy) is 1. The molecule has 5 nitrogen and oxygen atoms in total. The van der Waals surface area contributed by atoms with Crippen molar-refractivity contribution in [2.24, 2.45) is 0 Å². The van der Waals surface area contributed by atoms with Crippen LogP contribution in [0.25, 0.3) is 5.57 Å². The van der Waals surface area contributed by atoms with E-state index in [1.54, 1.807) is 24.3 Å². The SMILES string of the molecule is CCCCCCCCN1C(=O)C(O)=C(c2ccc(OCC)cc2)C1=O. The Hall–Kier alpha value is -2.30. The summed E-state index contributed by atoms with van der Waals surface area (Å²) in [7, 11) is 0. The Balaban J connectivity index is 1.98. The summed E-state index contributed by atoms with van der Waals surface area (Å²) in [6.07, 6.45) is 6.44. The van der Waals surface area contributed by atoms with Crippen molar-refractivity contribution < 1.29 is 19.4 Å². The number of carbonyl (C=O) groups excluding carboxylic acids is 2. The highest BCUT2D eigenvalue weighted by molar-refractivity contribution is 6.34. The second kappa shape index (κ2) is 9.25. The van der Waals surface area contributed by atoms with Gasteiger partial charge in [-0.15, -0.1) is 0 Å². The maximum absolute atomic E-state index is 12.6. The van der Waals surface area contributed by atoms with Crippen LogP contribution in [0.15, 0.2) is 30.0 Å². The number of hydrogen-bond acceptors (Lipinski definition) is 4. The van der Waals surface area contributed by atoms with Gasteiger partial charge in [-0.1, -0.05) is 51.2 Å². The summed E-state index contributed by atoms with van der Waals surface area (Å²) in [6, 6.07) is 6.84. The third-order valence-corrected chi connectivity index (χ3v) is 4.33. The first-order chi connectivity index (χ1) is 12.1. The predicted octanol–water partition coefficient (Wildman–Crippen LogP) is 4.08. The van der Waals surface area contributed by atoms with Gasteiger partial charge in [0.05, 0.1) is 12.2 Å². The normalized spacial score (nSPS) is 14.6. The monoisotopic (exact) mass is 345 g/mol. The summed E-state index contributed by atoms with van der Waals surface area (Å²) in [4.78, 5) is 25.9. The second-order valence-corrected chi connectivity index (χ2v) is 6.21. The van der Waals surface area contributed by atoms with E-state index >= 15 is 0 Å². The van der Waals surface area contributed by atoms with Crippen LogP contribution in [0.3, 0.4) is 0 Å². The summed E-state index contributed by atoms with van der Waals surface area (Å²) >= 11 is 0. The van der Waals surface area contributed by atoms with E-state index < -0.39 is 17.6 Å². The van der Waals surface area contributed by atoms with E-state index in [-0.39, 0.29) is 5.57 Å². The Bertz CT molecular complexity index is 634. The first-order valence-electron chi connectivity index (χ1n) is 9.12. The maximum Gasteiger partial charge on any atom is 0.296 e. The van der Waals surface area contributed by atoms with Crippen LogP contribution in [0.4, 0.5) is 0 Å². The van der Waals surface area contributed by atoms with Crippen LogP contribution >= 0.6 is 0 Å². The lowest BCUT2D eigenvalue weighted by Crippen LogP contribution is -2.32. The van der Waals surface area contributed by atoms with Crippen LogP contribution in [0, 0.1) is 0 Å². The molecular weight excluding hydrogens is 318 g/mol. The average molecular weight is 345 g/mol. The first-order valence-corrected chi connectivity index (χ1v) is 9.12. The van der Waals surface area contributed by atoms with Gasteiger partial charge in [-0.2, -0.15) is 0 Å². The molecule has 1 heterocycles. The zero-order chi connectivity index (χ0) is 18.2. The number of benzene rings is 1. The molecule has 2 rings (SSSR count). The molecule has 1 aliphatic rings. The van der Waals surface area contributed by atoms with E-state index in [2.05, 4.69) is 6.92 Å². The number of aliphatic hydroxyl groups is 1. The van der Waals surface area contributed by atoms with Crippen LogP contribution in [0.5, 0.6) is 5.75 Å². The lowest BCUT2D eigenvalue weighted by molar-refractivity contribution is -0.138. The van der Waals surface area contributed by atoms with Gasteiger partial charge < -0.3 is 9.84 Å². The summed E-state index contributed by atoms with van der Waals surface area (Å²) in [5.41, 5.74) is 0.615. The highest BCUT2D eigenvalue weighted by atomic mass is 16.5. The van der Waals surface area contributed by atoms with Crippen molar-refractivity contribution >= 4 is 17.4 Å². The van der Waals surface area contributed by atoms with Crippen molar-refractivity contribution in [1.29, 1.82) is 0 Å². The Morgan fingerprint density at radius 3 is 2.20 bits per heavy atom. The number of hydrogen-bond donors (Lipinski definition) is 1.